The van der Waals surface area contributed by atoms with Gasteiger partial charge in [-0.2, -0.15) is 0 Å². The van der Waals surface area contributed by atoms with Crippen LogP contribution >= 0.6 is 22.6 Å². The molecule has 0 aromatic carbocycles. The van der Waals surface area contributed by atoms with Crippen LogP contribution < -0.4 is 0 Å². The van der Waals surface area contributed by atoms with Gasteiger partial charge in [0.05, 0.1) is 0 Å². The van der Waals surface area contributed by atoms with Crippen molar-refractivity contribution < 1.29 is 0 Å². The Hall–Kier alpha value is -0.590. The smallest absolute Gasteiger partial charge is 0.0192 e. The largest absolute Gasteiger partial charge is 0.106 e. The van der Waals surface area contributed by atoms with Gasteiger partial charge in [0.2, 0.25) is 0 Å². The van der Waals surface area contributed by atoms with Crippen LogP contribution in [0.1, 0.15) is 0 Å². The highest BCUT2D eigenvalue weighted by molar-refractivity contribution is 14.1. The fraction of sp³-hybridized carbons (Fsp3) is 0. The van der Waals surface area contributed by atoms with Crippen LogP contribution in [0.5, 0.6) is 0 Å². The van der Waals surface area contributed by atoms with E-state index in [9.17, 15) is 0 Å². The summed E-state index contributed by atoms with van der Waals surface area (Å²) >= 11 is 1.89. The molecule has 0 spiro atoms. The fourth-order valence-electron chi connectivity index (χ4n) is 0.0910. The summed E-state index contributed by atoms with van der Waals surface area (Å²) in [7, 11) is 0. The van der Waals surface area contributed by atoms with Crippen LogP contribution in [-0.4, -0.2) is 0 Å². The van der Waals surface area contributed by atoms with Crippen molar-refractivity contribution in [3.05, 3.63) is 0 Å². The van der Waals surface area contributed by atoms with Crippen LogP contribution in [-0.2, 0) is 0 Å². The van der Waals surface area contributed by atoms with Gasteiger partial charge in [0.25, 0.3) is 0 Å². The first-order valence-corrected chi connectivity index (χ1v) is 2.56. The predicted molar refractivity (Wildman–Crippen MR) is 38.4 cm³/mol. The third-order valence-corrected chi connectivity index (χ3v) is 0.514. The van der Waals surface area contributed by atoms with Crippen LogP contribution in [0.2, 0.25) is 0 Å². The van der Waals surface area contributed by atoms with Crippen molar-refractivity contribution in [3.8, 4) is 34.0 Å². The molecule has 0 aliphatic rings. The maximum absolute atomic E-state index is 4.78. The molecule has 0 saturated heterocycles. The van der Waals surface area contributed by atoms with E-state index < -0.39 is 0 Å². The standard InChI is InChI=1S/C6HI/c1-2-3-4-5-6-7/h1H. The lowest BCUT2D eigenvalue weighted by Crippen LogP contribution is -1.44. The molecule has 0 saturated carbocycles. The molecule has 0 heterocycles. The van der Waals surface area contributed by atoms with Crippen molar-refractivity contribution in [2.75, 3.05) is 0 Å². The third kappa shape index (κ3) is 5.41. The van der Waals surface area contributed by atoms with E-state index in [1.807, 2.05) is 22.6 Å². The van der Waals surface area contributed by atoms with Gasteiger partial charge >= 0.3 is 0 Å². The van der Waals surface area contributed by atoms with E-state index in [1.165, 1.54) is 0 Å². The molecular weight excluding hydrogens is 199 g/mol. The Kier molecular flexibility index (Phi) is 4.95. The van der Waals surface area contributed by atoms with Crippen molar-refractivity contribution >= 4 is 22.6 Å². The average molecular weight is 200 g/mol. The lowest BCUT2D eigenvalue weighted by Gasteiger charge is -1.47. The molecule has 7 heavy (non-hydrogen) atoms. The normalized spacial score (nSPS) is 3.43. The van der Waals surface area contributed by atoms with Gasteiger partial charge in [0.15, 0.2) is 0 Å². The lowest BCUT2D eigenvalue weighted by atomic mass is 10.6. The van der Waals surface area contributed by atoms with Gasteiger partial charge in [0, 0.05) is 22.6 Å². The van der Waals surface area contributed by atoms with Crippen LogP contribution in [0.4, 0.5) is 0 Å². The van der Waals surface area contributed by atoms with E-state index in [0.29, 0.717) is 0 Å². The highest BCUT2D eigenvalue weighted by atomic mass is 127. The molecule has 0 unspecified atom stereocenters. The molecule has 0 fully saturated rings. The maximum Gasteiger partial charge on any atom is 0.0192 e. The Bertz CT molecular complexity index is 186. The first-order valence-electron chi connectivity index (χ1n) is 1.48. The average Bonchev–Trinajstić information content (AvgIpc) is 1.69. The molecule has 0 aromatic rings. The van der Waals surface area contributed by atoms with Crippen molar-refractivity contribution in [1.82, 2.24) is 0 Å². The zero-order valence-electron chi connectivity index (χ0n) is 3.46. The summed E-state index contributed by atoms with van der Waals surface area (Å²) in [6, 6.07) is 0. The van der Waals surface area contributed by atoms with Crippen molar-refractivity contribution in [2.45, 2.75) is 0 Å². The zero-order chi connectivity index (χ0) is 5.54. The topological polar surface area (TPSA) is 0 Å². The van der Waals surface area contributed by atoms with Crippen LogP contribution in [0, 0.1) is 34.0 Å². The first kappa shape index (κ1) is 6.41. The van der Waals surface area contributed by atoms with Gasteiger partial charge in [0.1, 0.15) is 0 Å². The molecule has 0 atom stereocenters. The van der Waals surface area contributed by atoms with Gasteiger partial charge in [-0.3, -0.25) is 0 Å². The van der Waals surface area contributed by atoms with Gasteiger partial charge < -0.3 is 0 Å². The van der Waals surface area contributed by atoms with Crippen LogP contribution in [0.25, 0.3) is 0 Å². The molecule has 0 rings (SSSR count). The minimum absolute atomic E-state index is 1.89. The number of halogens is 1. The molecule has 0 amide bonds. The number of hydrogen-bond donors (Lipinski definition) is 0. The van der Waals surface area contributed by atoms with Crippen molar-refractivity contribution in [3.63, 3.8) is 0 Å². The Morgan fingerprint density at radius 2 is 1.86 bits per heavy atom. The van der Waals surface area contributed by atoms with Crippen LogP contribution in [0.15, 0.2) is 0 Å². The molecule has 0 aliphatic heterocycles. The van der Waals surface area contributed by atoms with Gasteiger partial charge in [-0.15, -0.1) is 6.42 Å². The molecule has 0 N–H and O–H groups in total. The fourth-order valence-corrected chi connectivity index (χ4v) is 0.226. The predicted octanol–water partition coefficient (Wildman–Crippen LogP) is 1.02. The van der Waals surface area contributed by atoms with E-state index in [-0.39, 0.29) is 0 Å². The SMILES string of the molecule is C#CC#CC#CI. The summed E-state index contributed by atoms with van der Waals surface area (Å²) in [6.07, 6.45) is 4.78. The minimum atomic E-state index is 1.89. The van der Waals surface area contributed by atoms with Gasteiger partial charge in [-0.25, -0.2) is 0 Å². The maximum atomic E-state index is 4.78. The second kappa shape index (κ2) is 5.41. The second-order valence-corrected chi connectivity index (χ2v) is 1.15. The lowest BCUT2D eigenvalue weighted by molar-refractivity contribution is 2.47. The summed E-state index contributed by atoms with van der Waals surface area (Å²) in [4.78, 5) is 0. The van der Waals surface area contributed by atoms with Crippen molar-refractivity contribution in [1.29, 1.82) is 0 Å². The summed E-state index contributed by atoms with van der Waals surface area (Å²) in [5.74, 6) is 9.40. The quantitative estimate of drug-likeness (QED) is 0.404. The first-order chi connectivity index (χ1) is 3.41. The molecule has 0 aliphatic carbocycles. The molecule has 0 radical (unpaired) electrons. The summed E-state index contributed by atoms with van der Waals surface area (Å²) in [5, 5.41) is 0. The molecule has 0 bridgehead atoms. The molecule has 1 heteroatoms. The third-order valence-electron chi connectivity index (χ3n) is 0.244. The Morgan fingerprint density at radius 1 is 1.14 bits per heavy atom. The van der Waals surface area contributed by atoms with E-state index in [0.717, 1.165) is 0 Å². The zero-order valence-corrected chi connectivity index (χ0v) is 5.61. The molecule has 0 nitrogen and oxygen atoms in total. The Morgan fingerprint density at radius 3 is 2.29 bits per heavy atom. The molecule has 32 valence electrons. The second-order valence-electron chi connectivity index (χ2n) is 0.614. The monoisotopic (exact) mass is 200 g/mol. The van der Waals surface area contributed by atoms with Crippen molar-refractivity contribution in [2.24, 2.45) is 0 Å². The molecular formula is C6HI. The summed E-state index contributed by atoms with van der Waals surface area (Å²) in [6.45, 7) is 0. The summed E-state index contributed by atoms with van der Waals surface area (Å²) < 4.78 is 2.55. The van der Waals surface area contributed by atoms with Crippen LogP contribution in [0.3, 0.4) is 0 Å². The number of terminal acetylenes is 1. The number of hydrogen-bond acceptors (Lipinski definition) is 0. The number of rotatable bonds is 0. The highest BCUT2D eigenvalue weighted by Crippen LogP contribution is 1.66. The van der Waals surface area contributed by atoms with E-state index in [2.05, 4.69) is 27.6 Å². The van der Waals surface area contributed by atoms with Gasteiger partial charge in [-0.1, -0.05) is 0 Å². The Labute approximate surface area is 56.8 Å². The highest BCUT2D eigenvalue weighted by Gasteiger charge is 1.46. The summed E-state index contributed by atoms with van der Waals surface area (Å²) in [5.41, 5.74) is 0. The minimum Gasteiger partial charge on any atom is -0.106 e. The van der Waals surface area contributed by atoms with E-state index in [4.69, 9.17) is 6.42 Å². The van der Waals surface area contributed by atoms with E-state index in [1.54, 1.807) is 0 Å². The van der Waals surface area contributed by atoms with E-state index >= 15 is 0 Å². The Balaban J connectivity index is 3.68. The molecule has 0 aromatic heterocycles. The van der Waals surface area contributed by atoms with Gasteiger partial charge in [-0.05, 0) is 27.6 Å².